The maximum atomic E-state index is 13.7. The Kier molecular flexibility index (Phi) is 26.8. The molecule has 0 bridgehead atoms. The number of aliphatic hydroxyl groups is 2. The van der Waals surface area contributed by atoms with E-state index < -0.39 is 46.9 Å². The normalized spacial score (nSPS) is 18.6. The minimum absolute atomic E-state index is 0.0263. The van der Waals surface area contributed by atoms with Crippen LogP contribution in [0, 0.1) is 0 Å². The predicted molar refractivity (Wildman–Crippen MR) is 343 cm³/mol. The molecule has 3 N–H and O–H groups in total. The number of amides is 2. The summed E-state index contributed by atoms with van der Waals surface area (Å²) in [4.78, 5) is 52.2. The maximum absolute atomic E-state index is 13.7. The van der Waals surface area contributed by atoms with E-state index in [4.69, 9.17) is 47.6 Å². The van der Waals surface area contributed by atoms with E-state index in [1.54, 1.807) is 0 Å². The molecule has 2 aliphatic rings. The van der Waals surface area contributed by atoms with Crippen LogP contribution >= 0.6 is 39.1 Å². The highest BCUT2D eigenvalue weighted by Crippen LogP contribution is 2.39. The molecular formula is C66H81BrCl2F6N8O8. The van der Waals surface area contributed by atoms with Crippen LogP contribution in [0.3, 0.4) is 0 Å². The molecule has 0 aliphatic carbocycles. The van der Waals surface area contributed by atoms with Gasteiger partial charge >= 0.3 is 24.5 Å². The number of benzene rings is 4. The van der Waals surface area contributed by atoms with Gasteiger partial charge in [-0.1, -0.05) is 114 Å². The third-order valence-corrected chi connectivity index (χ3v) is 15.7. The van der Waals surface area contributed by atoms with Crippen molar-refractivity contribution in [2.75, 3.05) is 35.0 Å². The fraction of sp³-hybridized carbons (Fsp3) is 0.485. The minimum Gasteiger partial charge on any atom is -0.505 e. The zero-order valence-electron chi connectivity index (χ0n) is 52.3. The molecule has 496 valence electrons. The van der Waals surface area contributed by atoms with Crippen molar-refractivity contribution in [2.45, 2.75) is 180 Å². The molecule has 4 heterocycles. The van der Waals surface area contributed by atoms with Gasteiger partial charge in [0.15, 0.2) is 11.5 Å². The quantitative estimate of drug-likeness (QED) is 0.0545. The fourth-order valence-electron chi connectivity index (χ4n) is 11.2. The number of likely N-dealkylation sites (tertiary alicyclic amines) is 2. The molecule has 0 unspecified atom stereocenters. The van der Waals surface area contributed by atoms with Crippen molar-refractivity contribution < 1.29 is 65.5 Å². The molecule has 8 rings (SSSR count). The van der Waals surface area contributed by atoms with Crippen LogP contribution < -0.4 is 14.5 Å². The van der Waals surface area contributed by atoms with E-state index in [2.05, 4.69) is 35.9 Å². The van der Waals surface area contributed by atoms with Gasteiger partial charge in [0.25, 0.3) is 0 Å². The molecule has 2 aromatic heterocycles. The van der Waals surface area contributed by atoms with Crippen LogP contribution in [0.1, 0.15) is 127 Å². The van der Waals surface area contributed by atoms with Crippen LogP contribution in [-0.4, -0.2) is 130 Å². The average Bonchev–Trinajstić information content (AvgIpc) is 0.809. The molecule has 0 radical (unpaired) electrons. The lowest BCUT2D eigenvalue weighted by molar-refractivity contribution is -0.138. The number of aromatic hydroxyl groups is 1. The summed E-state index contributed by atoms with van der Waals surface area (Å²) in [5.74, 6) is 0.770. The van der Waals surface area contributed by atoms with E-state index in [1.165, 1.54) is 36.9 Å². The second-order valence-electron chi connectivity index (χ2n) is 24.2. The summed E-state index contributed by atoms with van der Waals surface area (Å²) >= 11 is 15.3. The lowest BCUT2D eigenvalue weighted by atomic mass is 9.86. The molecule has 2 saturated heterocycles. The molecule has 16 nitrogen and oxygen atoms in total. The first-order chi connectivity index (χ1) is 42.9. The third-order valence-electron chi connectivity index (χ3n) is 14.9. The fourth-order valence-corrected chi connectivity index (χ4v) is 11.7. The number of anilines is 2. The first-order valence-electron chi connectivity index (χ1n) is 30.0. The highest BCUT2D eigenvalue weighted by molar-refractivity contribution is 9.09. The number of piperidine rings is 2. The highest BCUT2D eigenvalue weighted by atomic mass is 79.9. The van der Waals surface area contributed by atoms with Gasteiger partial charge in [-0.3, -0.25) is 0 Å². The number of hydrogen-bond acceptors (Lipinski definition) is 14. The van der Waals surface area contributed by atoms with Crippen LogP contribution in [0.5, 0.6) is 11.5 Å². The summed E-state index contributed by atoms with van der Waals surface area (Å²) in [6, 6.07) is 25.2. The van der Waals surface area contributed by atoms with Gasteiger partial charge in [-0.15, -0.1) is 0 Å². The van der Waals surface area contributed by atoms with E-state index >= 15 is 0 Å². The predicted octanol–water partition coefficient (Wildman–Crippen LogP) is 15.3. The number of alkyl halides is 7. The Bertz CT molecular complexity index is 3220. The van der Waals surface area contributed by atoms with Crippen molar-refractivity contribution in [3.8, 4) is 11.5 Å². The molecule has 25 heteroatoms. The first kappa shape index (κ1) is 73.4. The number of rotatable bonds is 18. The van der Waals surface area contributed by atoms with Gasteiger partial charge in [0.1, 0.15) is 17.8 Å². The number of carbonyl (C=O) groups excluding carboxylic acids is 2. The minimum atomic E-state index is -4.57. The smallest absolute Gasteiger partial charge is 0.416 e. The van der Waals surface area contributed by atoms with Gasteiger partial charge in [0, 0.05) is 64.7 Å². The number of hydrogen-bond donors (Lipinski definition) is 3. The molecule has 4 aromatic carbocycles. The van der Waals surface area contributed by atoms with E-state index in [0.29, 0.717) is 79.5 Å². The van der Waals surface area contributed by atoms with Gasteiger partial charge < -0.3 is 49.1 Å². The monoisotopic (exact) mass is 1380 g/mol. The van der Waals surface area contributed by atoms with Crippen molar-refractivity contribution in [2.24, 2.45) is 0 Å². The van der Waals surface area contributed by atoms with Crippen LogP contribution in [0.2, 0.25) is 10.0 Å². The average molecular weight is 1380 g/mol. The molecule has 6 aromatic rings. The zero-order chi connectivity index (χ0) is 66.8. The summed E-state index contributed by atoms with van der Waals surface area (Å²) in [6.45, 7) is 15.2. The van der Waals surface area contributed by atoms with Crippen molar-refractivity contribution in [1.82, 2.24) is 29.7 Å². The van der Waals surface area contributed by atoms with Crippen molar-refractivity contribution in [1.29, 1.82) is 0 Å². The zero-order valence-corrected chi connectivity index (χ0v) is 55.4. The summed E-state index contributed by atoms with van der Waals surface area (Å²) in [5, 5.41) is 27.4. The maximum Gasteiger partial charge on any atom is 0.416 e. The van der Waals surface area contributed by atoms with E-state index in [0.717, 1.165) is 35.4 Å². The Morgan fingerprint density at radius 1 is 0.571 bits per heavy atom. The number of nitrogens with zero attached hydrogens (tertiary/aromatic N) is 8. The molecule has 2 aliphatic heterocycles. The largest absolute Gasteiger partial charge is 0.505 e. The molecule has 2 amide bonds. The van der Waals surface area contributed by atoms with Crippen LogP contribution in [0.4, 0.5) is 47.8 Å². The van der Waals surface area contributed by atoms with E-state index in [9.17, 15) is 41.0 Å². The molecular weight excluding hydrogens is 1300 g/mol. The lowest BCUT2D eigenvalue weighted by Crippen LogP contribution is -2.58. The van der Waals surface area contributed by atoms with Gasteiger partial charge in [0.05, 0.1) is 49.1 Å². The van der Waals surface area contributed by atoms with E-state index in [-0.39, 0.29) is 90.9 Å². The second kappa shape index (κ2) is 33.3. The van der Waals surface area contributed by atoms with Crippen molar-refractivity contribution >= 4 is 63.2 Å². The number of aliphatic hydroxyl groups excluding tert-OH is 2. The third kappa shape index (κ3) is 22.6. The summed E-state index contributed by atoms with van der Waals surface area (Å²) in [5.41, 5.74) is -0.274. The summed E-state index contributed by atoms with van der Waals surface area (Å²) < 4.78 is 99.1. The Balaban J connectivity index is 0.000000274. The molecule has 2 fully saturated rings. The number of aromatic nitrogens is 4. The Morgan fingerprint density at radius 3 is 1.26 bits per heavy atom. The number of halogens is 9. The number of carbonyl (C=O) groups is 2. The Morgan fingerprint density at radius 2 is 0.934 bits per heavy atom. The van der Waals surface area contributed by atoms with Crippen molar-refractivity contribution in [3.63, 3.8) is 0 Å². The standard InChI is InChI=1S/C33H40ClF3N4O4.C31H36ClF3N4O3.C2H5BrO/c1-5-26-17-27(18-28(15-22-9-7-6-8-10-22)41(26)31(43)45-32(2,3)4)40(30-38-19-29(20-39-30)44-12-11-42)21-23-13-24(33(35,36)37)16-25(34)14-23;1-5-24-15-25(16-26(13-20-9-7-6-8-10-20)39(24)29(41)42-30(2,3)4)38(28-36-17-27(40)18-37-28)19-21-11-22(31(33,34)35)14-23(32)12-21;3-1-2-4/h6-10,13-14,16,19-20,26-28,42H,5,11-12,15,17-18,21H2,1-4H3;6-12,14,17-18,24-26,40H,5,13,15-16,19H2,1-4H3;4H,1-2H2/t26-,27+,28+;24-,25+,26+;/m11./s1. The van der Waals surface area contributed by atoms with Crippen molar-refractivity contribution in [3.05, 3.63) is 165 Å². The van der Waals surface area contributed by atoms with Gasteiger partial charge in [-0.2, -0.15) is 26.3 Å². The van der Waals surface area contributed by atoms with E-state index in [1.807, 2.05) is 136 Å². The second-order valence-corrected chi connectivity index (χ2v) is 25.9. The highest BCUT2D eigenvalue weighted by Gasteiger charge is 2.45. The first-order valence-corrected chi connectivity index (χ1v) is 31.9. The lowest BCUT2D eigenvalue weighted by Gasteiger charge is -2.48. The number of ether oxygens (including phenoxy) is 3. The van der Waals surface area contributed by atoms with Gasteiger partial charge in [-0.05, 0) is 152 Å². The Hall–Kier alpha value is -6.66. The van der Waals surface area contributed by atoms with Crippen LogP contribution in [0.25, 0.3) is 0 Å². The van der Waals surface area contributed by atoms with Crippen LogP contribution in [0.15, 0.2) is 122 Å². The summed E-state index contributed by atoms with van der Waals surface area (Å²) in [7, 11) is 0. The van der Waals surface area contributed by atoms with Crippen LogP contribution in [-0.2, 0) is 47.8 Å². The van der Waals surface area contributed by atoms with Gasteiger partial charge in [0.2, 0.25) is 11.9 Å². The SMILES string of the molecule is CC[C@@H]1C[C@H](N(Cc2cc(Cl)cc(C(F)(F)F)c2)c2ncc(O)cn2)C[C@H](Cc2ccccc2)N1C(=O)OC(C)(C)C.CC[C@@H]1C[C@H](N(Cc2cc(Cl)cc(C(F)(F)F)c2)c2ncc(OCCO)cn2)C[C@H](Cc2ccccc2)N1C(=O)OC(C)(C)C.OCCBr. The molecule has 0 spiro atoms. The summed E-state index contributed by atoms with van der Waals surface area (Å²) in [6.07, 6.45) is -0.0761. The molecule has 91 heavy (non-hydrogen) atoms. The Labute approximate surface area is 547 Å². The molecule has 0 saturated carbocycles. The van der Waals surface area contributed by atoms with Gasteiger partial charge in [-0.25, -0.2) is 29.5 Å². The topological polar surface area (TPSA) is 187 Å². The molecule has 6 atom stereocenters.